The van der Waals surface area contributed by atoms with Gasteiger partial charge >= 0.3 is 0 Å². The van der Waals surface area contributed by atoms with E-state index in [1.165, 1.54) is 0 Å². The predicted molar refractivity (Wildman–Crippen MR) is 82.3 cm³/mol. The molecular weight excluding hydrogens is 268 g/mol. The summed E-state index contributed by atoms with van der Waals surface area (Å²) in [4.78, 5) is 12.7. The van der Waals surface area contributed by atoms with Crippen LogP contribution in [0.2, 0.25) is 0 Å². The van der Waals surface area contributed by atoms with Gasteiger partial charge in [0.05, 0.1) is 16.6 Å². The highest BCUT2D eigenvalue weighted by atomic mass is 32.2. The van der Waals surface area contributed by atoms with Crippen LogP contribution in [-0.2, 0) is 22.0 Å². The van der Waals surface area contributed by atoms with Crippen molar-refractivity contribution < 1.29 is 9.00 Å². The van der Waals surface area contributed by atoms with Gasteiger partial charge < -0.3 is 0 Å². The maximum atomic E-state index is 12.3. The van der Waals surface area contributed by atoms with E-state index in [1.54, 1.807) is 0 Å². The molecule has 1 atom stereocenters. The minimum atomic E-state index is -1.26. The number of ketones is 1. The fraction of sp³-hybridized carbons (Fsp3) is 0.235. The second-order valence-corrected chi connectivity index (χ2v) is 6.38. The number of Topliss-reactive ketones (excluding diaryl/α,β-unsaturated/α-hetero) is 1. The summed E-state index contributed by atoms with van der Waals surface area (Å²) in [5, 5.41) is 0. The van der Waals surface area contributed by atoms with Crippen LogP contribution in [-0.4, -0.2) is 15.7 Å². The Kier molecular flexibility index (Phi) is 4.85. The lowest BCUT2D eigenvalue weighted by Gasteiger charge is -2.06. The Balaban J connectivity index is 2.02. The molecule has 0 saturated heterocycles. The van der Waals surface area contributed by atoms with Gasteiger partial charge in [-0.15, -0.1) is 0 Å². The smallest absolute Gasteiger partial charge is 0.150 e. The Labute approximate surface area is 122 Å². The highest BCUT2D eigenvalue weighted by Crippen LogP contribution is 2.15. The van der Waals surface area contributed by atoms with Crippen LogP contribution in [0.3, 0.4) is 0 Å². The normalized spacial score (nSPS) is 12.1. The molecule has 104 valence electrons. The zero-order chi connectivity index (χ0) is 14.5. The summed E-state index contributed by atoms with van der Waals surface area (Å²) in [5.74, 6) is 0.0909. The van der Waals surface area contributed by atoms with Crippen LogP contribution in [0, 0.1) is 13.8 Å². The first-order chi connectivity index (χ1) is 9.56. The first-order valence-corrected chi connectivity index (χ1v) is 7.89. The van der Waals surface area contributed by atoms with Crippen molar-refractivity contribution in [3.05, 3.63) is 65.2 Å². The molecule has 2 rings (SSSR count). The van der Waals surface area contributed by atoms with Crippen molar-refractivity contribution in [2.24, 2.45) is 0 Å². The highest BCUT2D eigenvalue weighted by molar-refractivity contribution is 7.85. The lowest BCUT2D eigenvalue weighted by Crippen LogP contribution is -2.14. The molecule has 20 heavy (non-hydrogen) atoms. The lowest BCUT2D eigenvalue weighted by molar-refractivity contribution is -0.116. The van der Waals surface area contributed by atoms with Crippen LogP contribution in [0.4, 0.5) is 0 Å². The summed E-state index contributed by atoms with van der Waals surface area (Å²) in [7, 11) is -1.26. The Hall–Kier alpha value is -1.74. The van der Waals surface area contributed by atoms with E-state index in [0.717, 1.165) is 21.6 Å². The van der Waals surface area contributed by atoms with Crippen molar-refractivity contribution in [1.82, 2.24) is 0 Å². The van der Waals surface area contributed by atoms with Crippen molar-refractivity contribution in [3.63, 3.8) is 0 Å². The molecular formula is C17H18O2S. The van der Waals surface area contributed by atoms with Gasteiger partial charge in [-0.25, -0.2) is 0 Å². The van der Waals surface area contributed by atoms with Crippen LogP contribution in [0.15, 0.2) is 53.4 Å². The standard InChI is InChI=1S/C17H18O2S/c1-13-8-9-17(14(2)10-13)20(19)12-16(18)11-15-6-4-3-5-7-15/h3-10H,11-12H2,1-2H3. The molecule has 0 aromatic heterocycles. The van der Waals surface area contributed by atoms with E-state index in [4.69, 9.17) is 0 Å². The van der Waals surface area contributed by atoms with E-state index in [1.807, 2.05) is 62.4 Å². The zero-order valence-corrected chi connectivity index (χ0v) is 12.6. The molecule has 0 saturated carbocycles. The van der Waals surface area contributed by atoms with Gasteiger partial charge in [-0.2, -0.15) is 0 Å². The number of hydrogen-bond donors (Lipinski definition) is 0. The number of carbonyl (C=O) groups is 1. The predicted octanol–water partition coefficient (Wildman–Crippen LogP) is 3.22. The lowest BCUT2D eigenvalue weighted by atomic mass is 10.1. The molecule has 2 aromatic rings. The molecule has 2 nitrogen and oxygen atoms in total. The minimum absolute atomic E-state index is 0.00880. The van der Waals surface area contributed by atoms with Crippen LogP contribution < -0.4 is 0 Å². The summed E-state index contributed by atoms with van der Waals surface area (Å²) in [6.07, 6.45) is 0.345. The maximum absolute atomic E-state index is 12.3. The fourth-order valence-electron chi connectivity index (χ4n) is 2.15. The van der Waals surface area contributed by atoms with Crippen LogP contribution in [0.1, 0.15) is 16.7 Å². The van der Waals surface area contributed by atoms with E-state index >= 15 is 0 Å². The minimum Gasteiger partial charge on any atom is -0.298 e. The van der Waals surface area contributed by atoms with Gasteiger partial charge in [0.2, 0.25) is 0 Å². The Bertz CT molecular complexity index is 633. The molecule has 0 aliphatic carbocycles. The number of rotatable bonds is 5. The molecule has 0 bridgehead atoms. The van der Waals surface area contributed by atoms with E-state index < -0.39 is 10.8 Å². The van der Waals surface area contributed by atoms with E-state index in [2.05, 4.69) is 0 Å². The van der Waals surface area contributed by atoms with E-state index in [0.29, 0.717) is 6.42 Å². The van der Waals surface area contributed by atoms with Gasteiger partial charge in [0, 0.05) is 11.3 Å². The number of aryl methyl sites for hydroxylation is 2. The zero-order valence-electron chi connectivity index (χ0n) is 11.8. The Morgan fingerprint density at radius 3 is 2.40 bits per heavy atom. The second-order valence-electron chi connectivity index (χ2n) is 4.96. The molecule has 0 amide bonds. The first kappa shape index (κ1) is 14.7. The summed E-state index contributed by atoms with van der Waals surface area (Å²) in [5.41, 5.74) is 3.09. The summed E-state index contributed by atoms with van der Waals surface area (Å²) >= 11 is 0. The number of hydrogen-bond acceptors (Lipinski definition) is 2. The average Bonchev–Trinajstić information content (AvgIpc) is 2.39. The van der Waals surface area contributed by atoms with Gasteiger partial charge in [-0.1, -0.05) is 48.0 Å². The molecule has 0 N–H and O–H groups in total. The topological polar surface area (TPSA) is 34.1 Å². The Morgan fingerprint density at radius 2 is 1.75 bits per heavy atom. The maximum Gasteiger partial charge on any atom is 0.150 e. The average molecular weight is 286 g/mol. The van der Waals surface area contributed by atoms with Crippen molar-refractivity contribution in [2.75, 3.05) is 5.75 Å². The third kappa shape index (κ3) is 3.87. The van der Waals surface area contributed by atoms with Gasteiger partial charge in [-0.05, 0) is 31.0 Å². The first-order valence-electron chi connectivity index (χ1n) is 6.57. The number of carbonyl (C=O) groups excluding carboxylic acids is 1. The monoisotopic (exact) mass is 286 g/mol. The van der Waals surface area contributed by atoms with Crippen molar-refractivity contribution in [1.29, 1.82) is 0 Å². The van der Waals surface area contributed by atoms with Gasteiger partial charge in [-0.3, -0.25) is 9.00 Å². The molecule has 3 heteroatoms. The molecule has 1 unspecified atom stereocenters. The van der Waals surface area contributed by atoms with Crippen molar-refractivity contribution >= 4 is 16.6 Å². The molecule has 0 spiro atoms. The summed E-state index contributed by atoms with van der Waals surface area (Å²) < 4.78 is 12.3. The quantitative estimate of drug-likeness (QED) is 0.845. The molecule has 0 aliphatic heterocycles. The summed E-state index contributed by atoms with van der Waals surface area (Å²) in [6.45, 7) is 3.93. The molecule has 0 aliphatic rings. The molecule has 0 radical (unpaired) electrons. The number of benzene rings is 2. The van der Waals surface area contributed by atoms with Crippen LogP contribution >= 0.6 is 0 Å². The van der Waals surface area contributed by atoms with Gasteiger partial charge in [0.1, 0.15) is 5.78 Å². The van der Waals surface area contributed by atoms with E-state index in [-0.39, 0.29) is 11.5 Å². The third-order valence-corrected chi connectivity index (χ3v) is 4.64. The fourth-order valence-corrected chi connectivity index (χ4v) is 3.34. The molecule has 2 aromatic carbocycles. The third-order valence-electron chi connectivity index (χ3n) is 3.11. The van der Waals surface area contributed by atoms with Gasteiger partial charge in [0.15, 0.2) is 0 Å². The summed E-state index contributed by atoms with van der Waals surface area (Å²) in [6, 6.07) is 15.3. The highest BCUT2D eigenvalue weighted by Gasteiger charge is 2.12. The van der Waals surface area contributed by atoms with Crippen LogP contribution in [0.5, 0.6) is 0 Å². The Morgan fingerprint density at radius 1 is 1.05 bits per heavy atom. The van der Waals surface area contributed by atoms with Crippen LogP contribution in [0.25, 0.3) is 0 Å². The van der Waals surface area contributed by atoms with E-state index in [9.17, 15) is 9.00 Å². The van der Waals surface area contributed by atoms with Crippen molar-refractivity contribution in [3.8, 4) is 0 Å². The second kappa shape index (κ2) is 6.62. The van der Waals surface area contributed by atoms with Crippen molar-refractivity contribution in [2.45, 2.75) is 25.2 Å². The SMILES string of the molecule is Cc1ccc(S(=O)CC(=O)Cc2ccccc2)c(C)c1. The van der Waals surface area contributed by atoms with Gasteiger partial charge in [0.25, 0.3) is 0 Å². The molecule has 0 heterocycles. The molecule has 0 fully saturated rings. The largest absolute Gasteiger partial charge is 0.298 e.